The van der Waals surface area contributed by atoms with Gasteiger partial charge in [0.15, 0.2) is 0 Å². The van der Waals surface area contributed by atoms with Gasteiger partial charge in [-0.1, -0.05) is 6.42 Å². The number of thioether (sulfide) groups is 4. The Kier molecular flexibility index (Phi) is 23.2. The number of amides is 4. The van der Waals surface area contributed by atoms with Gasteiger partial charge in [-0.2, -0.15) is 10.5 Å². The highest BCUT2D eigenvalue weighted by Gasteiger charge is 2.44. The fourth-order valence-corrected chi connectivity index (χ4v) is 10.5. The molecule has 0 bridgehead atoms. The van der Waals surface area contributed by atoms with Crippen LogP contribution in [-0.2, 0) is 43.2 Å². The first-order valence-electron chi connectivity index (χ1n) is 19.9. The number of hydrogen-bond donors (Lipinski definition) is 10. The van der Waals surface area contributed by atoms with Gasteiger partial charge >= 0.3 is 23.9 Å². The molecular formula is C38H46N12O13S4. The number of nitrogens with zero attached hydrogens (tertiary/aromatic N) is 6. The predicted octanol–water partition coefficient (Wildman–Crippen LogP) is -0.597. The van der Waals surface area contributed by atoms with E-state index < -0.39 is 126 Å². The Bertz CT molecular complexity index is 2080. The fourth-order valence-electron chi connectivity index (χ4n) is 6.49. The van der Waals surface area contributed by atoms with E-state index in [-0.39, 0.29) is 58.6 Å². The van der Waals surface area contributed by atoms with Gasteiger partial charge in [-0.15, -0.1) is 23.5 Å². The van der Waals surface area contributed by atoms with Crippen molar-refractivity contribution in [2.45, 2.75) is 89.7 Å². The van der Waals surface area contributed by atoms with Crippen molar-refractivity contribution >= 4 is 100 Å². The summed E-state index contributed by atoms with van der Waals surface area (Å²) in [4.78, 5) is 131. The Balaban J connectivity index is 2.09. The van der Waals surface area contributed by atoms with Gasteiger partial charge in [0.05, 0.1) is 21.9 Å². The van der Waals surface area contributed by atoms with E-state index in [4.69, 9.17) is 21.7 Å². The average Bonchev–Trinajstić information content (AvgIpc) is 3.29. The molecule has 0 spiro atoms. The molecule has 67 heavy (non-hydrogen) atoms. The number of nitrogens with one attached hydrogen (secondary N) is 4. The highest BCUT2D eigenvalue weighted by atomic mass is 32.2. The first-order valence-corrected chi connectivity index (χ1v) is 23.7. The Morgan fingerprint density at radius 3 is 1.37 bits per heavy atom. The molecule has 360 valence electrons. The molecule has 4 amide bonds. The van der Waals surface area contributed by atoms with Gasteiger partial charge in [0.2, 0.25) is 23.6 Å². The minimum absolute atomic E-state index is 0.110. The molecule has 3 rings (SSSR count). The number of carbonyl (C=O) groups is 9. The van der Waals surface area contributed by atoms with Crippen LogP contribution in [0.25, 0.3) is 0 Å². The number of nitrogens with two attached hydrogens (primary N) is 2. The number of aliphatic carboxylic acids is 4. The maximum atomic E-state index is 15.2. The summed E-state index contributed by atoms with van der Waals surface area (Å²) >= 11 is 3.23. The maximum absolute atomic E-state index is 15.2. The maximum Gasteiger partial charge on any atom is 0.322 e. The molecule has 1 fully saturated rings. The van der Waals surface area contributed by atoms with Crippen LogP contribution in [0, 0.1) is 33.2 Å². The number of thiocyanates is 2. The number of carboxylic acids is 4. The number of aromatic nitrogens is 4. The first-order chi connectivity index (χ1) is 31.9. The lowest BCUT2D eigenvalue weighted by atomic mass is 9.76. The van der Waals surface area contributed by atoms with Crippen LogP contribution in [0.15, 0.2) is 34.8 Å². The van der Waals surface area contributed by atoms with Crippen LogP contribution in [0.5, 0.6) is 0 Å². The zero-order chi connectivity index (χ0) is 49.6. The molecule has 1 aliphatic rings. The molecular weight excluding hydrogens is 961 g/mol. The van der Waals surface area contributed by atoms with E-state index in [0.717, 1.165) is 23.5 Å². The molecule has 0 aromatic carbocycles. The predicted molar refractivity (Wildman–Crippen MR) is 238 cm³/mol. The number of nitriles is 2. The summed E-state index contributed by atoms with van der Waals surface area (Å²) in [6, 6.07) is -5.69. The summed E-state index contributed by atoms with van der Waals surface area (Å²) in [5.74, 6) is -11.9. The zero-order valence-electron chi connectivity index (χ0n) is 35.1. The molecule has 4 unspecified atom stereocenters. The molecule has 25 nitrogen and oxygen atoms in total. The summed E-state index contributed by atoms with van der Waals surface area (Å²) in [5, 5.41) is 67.6. The van der Waals surface area contributed by atoms with Crippen LogP contribution in [-0.4, -0.2) is 142 Å². The number of Topliss-reactive ketones (excluding diaryl/α,β-unsaturated/α-hetero) is 1. The number of hydrogen-bond acceptors (Lipinski definition) is 21. The Morgan fingerprint density at radius 1 is 0.657 bits per heavy atom. The minimum Gasteiger partial charge on any atom is -0.480 e. The van der Waals surface area contributed by atoms with Crippen LogP contribution in [0.1, 0.15) is 66.8 Å². The lowest BCUT2D eigenvalue weighted by molar-refractivity contribution is -0.140. The van der Waals surface area contributed by atoms with E-state index in [1.807, 2.05) is 10.8 Å². The van der Waals surface area contributed by atoms with Gasteiger partial charge in [-0.3, -0.25) is 53.1 Å². The van der Waals surface area contributed by atoms with Gasteiger partial charge in [0, 0.05) is 84.5 Å². The summed E-state index contributed by atoms with van der Waals surface area (Å²) < 4.78 is 0. The van der Waals surface area contributed by atoms with Gasteiger partial charge in [-0.25, -0.2) is 9.97 Å². The summed E-state index contributed by atoms with van der Waals surface area (Å²) in [6.45, 7) is -1.64. The molecule has 12 N–H and O–H groups in total. The van der Waals surface area contributed by atoms with Gasteiger partial charge in [-0.05, 0) is 25.7 Å². The van der Waals surface area contributed by atoms with Crippen molar-refractivity contribution in [2.75, 3.05) is 24.6 Å². The topological polar surface area (TPSA) is 434 Å². The molecule has 2 aromatic heterocycles. The summed E-state index contributed by atoms with van der Waals surface area (Å²) in [6.07, 6.45) is 4.63. The number of ketones is 1. The minimum atomic E-state index is -1.45. The smallest absolute Gasteiger partial charge is 0.322 e. The Labute approximate surface area is 398 Å². The van der Waals surface area contributed by atoms with Crippen molar-refractivity contribution < 1.29 is 63.6 Å². The Hall–Kier alpha value is -6.11. The van der Waals surface area contributed by atoms with E-state index in [9.17, 15) is 59.1 Å². The van der Waals surface area contributed by atoms with Crippen molar-refractivity contribution in [1.82, 2.24) is 41.2 Å². The second-order valence-corrected chi connectivity index (χ2v) is 18.3. The van der Waals surface area contributed by atoms with Crippen LogP contribution in [0.2, 0.25) is 0 Å². The van der Waals surface area contributed by atoms with Crippen LogP contribution in [0.3, 0.4) is 0 Å². The van der Waals surface area contributed by atoms with E-state index in [0.29, 0.717) is 29.9 Å². The molecule has 1 saturated carbocycles. The van der Waals surface area contributed by atoms with Gasteiger partial charge in [0.25, 0.3) is 0 Å². The lowest BCUT2D eigenvalue weighted by Crippen LogP contribution is -2.50. The largest absolute Gasteiger partial charge is 0.480 e. The van der Waals surface area contributed by atoms with Crippen molar-refractivity contribution in [1.29, 1.82) is 10.5 Å². The first kappa shape index (κ1) is 55.2. The molecule has 29 heteroatoms. The third-order valence-electron chi connectivity index (χ3n) is 9.71. The molecule has 2 aromatic rings. The zero-order valence-corrected chi connectivity index (χ0v) is 38.4. The van der Waals surface area contributed by atoms with Crippen LogP contribution < -0.4 is 32.7 Å². The molecule has 0 aliphatic heterocycles. The van der Waals surface area contributed by atoms with Crippen molar-refractivity contribution in [3.05, 3.63) is 36.2 Å². The van der Waals surface area contributed by atoms with Crippen LogP contribution >= 0.6 is 47.0 Å². The standard InChI is InChI=1S/C38H46N12O13S4/c39-16-66-35-28(43-8-10-45-35)31(64-14-22(33(58)47-12-26(53)54)49-24(51)6-4-20(41)37(60)61)18-2-1-3-19(30(18)57)32(29-36(67-17-40)46-11-9-44-29)65-15-23(34(59)48-13-27(55)56)50-25(52)7-5-21(42)38(62)63/h8-11,18-23,31-32H,1-7,12-15,41-42H2,(H,47,58)(H,48,59)(H,49,51)(H,50,52)(H,53,54)(H,55,56)(H,60,61)(H,62,63)/t18?,19?,20-,21+,22-,23-,31?,32?/m0/s1. The summed E-state index contributed by atoms with van der Waals surface area (Å²) in [7, 11) is 0. The van der Waals surface area contributed by atoms with Crippen molar-refractivity contribution in [2.24, 2.45) is 23.3 Å². The number of rotatable bonds is 28. The molecule has 1 aliphatic carbocycles. The SMILES string of the molecule is N#CSc1nccnc1C(SC[C@H](NC(=O)CC[C@@H](N)C(=O)O)C(=O)NCC(=O)O)C1CCCC(C(SC[C@H](NC(=O)CC[C@H](N)C(=O)O)C(=O)NCC(=O)O)c2nccnc2SC#N)C1=O. The van der Waals surface area contributed by atoms with Crippen molar-refractivity contribution in [3.8, 4) is 10.8 Å². The van der Waals surface area contributed by atoms with Gasteiger partial charge in [0.1, 0.15) is 63.9 Å². The van der Waals surface area contributed by atoms with Gasteiger partial charge < -0.3 is 53.2 Å². The third kappa shape index (κ3) is 17.9. The number of carboxylic acid groups (broad SMARTS) is 4. The quantitative estimate of drug-likeness (QED) is 0.0376. The Morgan fingerprint density at radius 2 is 1.03 bits per heavy atom. The van der Waals surface area contributed by atoms with Crippen LogP contribution in [0.4, 0.5) is 0 Å². The number of carbonyl (C=O) groups excluding carboxylic acids is 5. The second kappa shape index (κ2) is 28.2. The molecule has 2 heterocycles. The third-order valence-corrected chi connectivity index (χ3v) is 13.8. The fraction of sp³-hybridized carbons (Fsp3) is 0.500. The average molecular weight is 1010 g/mol. The molecule has 8 atom stereocenters. The molecule has 0 radical (unpaired) electrons. The highest BCUT2D eigenvalue weighted by molar-refractivity contribution is 8.04. The van der Waals surface area contributed by atoms with E-state index in [1.165, 1.54) is 24.8 Å². The summed E-state index contributed by atoms with van der Waals surface area (Å²) in [5.41, 5.74) is 11.4. The van der Waals surface area contributed by atoms with E-state index in [2.05, 4.69) is 41.2 Å². The second-order valence-electron chi connectivity index (χ2n) is 14.4. The highest BCUT2D eigenvalue weighted by Crippen LogP contribution is 2.50. The van der Waals surface area contributed by atoms with E-state index >= 15 is 4.79 Å². The molecule has 0 saturated heterocycles. The lowest BCUT2D eigenvalue weighted by Gasteiger charge is -2.37. The van der Waals surface area contributed by atoms with E-state index in [1.54, 1.807) is 0 Å². The van der Waals surface area contributed by atoms with Crippen molar-refractivity contribution in [3.63, 3.8) is 0 Å². The monoisotopic (exact) mass is 1010 g/mol. The normalized spacial score (nSPS) is 17.1.